The molecule has 1 heterocycles. The summed E-state index contributed by atoms with van der Waals surface area (Å²) >= 11 is 0. The number of aryl methyl sites for hydroxylation is 1. The average Bonchev–Trinajstić information content (AvgIpc) is 2.36. The van der Waals surface area contributed by atoms with Crippen LogP contribution in [0.4, 0.5) is 0 Å². The Balaban J connectivity index is 2.76. The molecule has 0 saturated carbocycles. The van der Waals surface area contributed by atoms with Gasteiger partial charge in [-0.3, -0.25) is 4.79 Å². The van der Waals surface area contributed by atoms with Gasteiger partial charge in [-0.2, -0.15) is 0 Å². The summed E-state index contributed by atoms with van der Waals surface area (Å²) in [6, 6.07) is 3.26. The predicted molar refractivity (Wildman–Crippen MR) is 38.5 cm³/mol. The molecule has 0 aliphatic rings. The Bertz CT molecular complexity index is 273. The topological polar surface area (TPSA) is 47.3 Å². The number of hydrogen-bond acceptors (Lipinski definition) is 3. The van der Waals surface area contributed by atoms with E-state index >= 15 is 0 Å². The van der Waals surface area contributed by atoms with Crippen LogP contribution in [0.25, 0.3) is 0 Å². The van der Waals surface area contributed by atoms with Crippen molar-refractivity contribution < 1.29 is 14.0 Å². The minimum Gasteiger partial charge on any atom is -0.458 e. The van der Waals surface area contributed by atoms with E-state index in [2.05, 4.69) is 0 Å². The van der Waals surface area contributed by atoms with Crippen molar-refractivity contribution in [1.29, 1.82) is 0 Å². The number of aldehydes is 1. The molecule has 0 bridgehead atoms. The molecule has 0 radical (unpaired) electrons. The highest BCUT2D eigenvalue weighted by Crippen LogP contribution is 2.07. The SMILES string of the molecule is Cc1ccc(C(=O)CC=O)o1. The van der Waals surface area contributed by atoms with Crippen LogP contribution < -0.4 is 0 Å². The lowest BCUT2D eigenvalue weighted by atomic mass is 10.2. The molecule has 0 aromatic carbocycles. The van der Waals surface area contributed by atoms with Gasteiger partial charge in [0.15, 0.2) is 5.76 Å². The van der Waals surface area contributed by atoms with E-state index in [0.717, 1.165) is 0 Å². The highest BCUT2D eigenvalue weighted by molar-refractivity contribution is 6.00. The van der Waals surface area contributed by atoms with Gasteiger partial charge in [0, 0.05) is 0 Å². The second-order valence-corrected chi connectivity index (χ2v) is 2.20. The number of rotatable bonds is 3. The number of carbonyl (C=O) groups is 2. The molecule has 0 N–H and O–H groups in total. The van der Waals surface area contributed by atoms with Crippen LogP contribution in [0.1, 0.15) is 22.7 Å². The fourth-order valence-corrected chi connectivity index (χ4v) is 0.761. The minimum atomic E-state index is -0.270. The van der Waals surface area contributed by atoms with Gasteiger partial charge in [-0.05, 0) is 19.1 Å². The molecule has 0 saturated heterocycles. The summed E-state index contributed by atoms with van der Waals surface area (Å²) < 4.78 is 4.99. The van der Waals surface area contributed by atoms with Crippen LogP contribution in [0.2, 0.25) is 0 Å². The monoisotopic (exact) mass is 152 g/mol. The molecule has 58 valence electrons. The van der Waals surface area contributed by atoms with Crippen LogP contribution in [-0.2, 0) is 4.79 Å². The summed E-state index contributed by atoms with van der Waals surface area (Å²) in [7, 11) is 0. The van der Waals surface area contributed by atoms with Gasteiger partial charge < -0.3 is 9.21 Å². The van der Waals surface area contributed by atoms with Crippen molar-refractivity contribution in [3.8, 4) is 0 Å². The maximum atomic E-state index is 10.9. The van der Waals surface area contributed by atoms with Crippen molar-refractivity contribution in [2.24, 2.45) is 0 Å². The van der Waals surface area contributed by atoms with Gasteiger partial charge in [0.2, 0.25) is 5.78 Å². The van der Waals surface area contributed by atoms with Crippen molar-refractivity contribution in [1.82, 2.24) is 0 Å². The quantitative estimate of drug-likeness (QED) is 0.373. The van der Waals surface area contributed by atoms with Gasteiger partial charge in [-0.1, -0.05) is 0 Å². The Labute approximate surface area is 64.0 Å². The maximum Gasteiger partial charge on any atom is 0.205 e. The highest BCUT2D eigenvalue weighted by Gasteiger charge is 2.07. The first-order chi connectivity index (χ1) is 5.24. The van der Waals surface area contributed by atoms with E-state index in [1.807, 2.05) is 0 Å². The Morgan fingerprint density at radius 1 is 1.64 bits per heavy atom. The number of carbonyl (C=O) groups excluding carboxylic acids is 2. The molecule has 1 rings (SSSR count). The first kappa shape index (κ1) is 7.72. The molecule has 0 fully saturated rings. The number of hydrogen-bond donors (Lipinski definition) is 0. The Morgan fingerprint density at radius 3 is 2.82 bits per heavy atom. The van der Waals surface area contributed by atoms with Crippen molar-refractivity contribution in [2.75, 3.05) is 0 Å². The van der Waals surface area contributed by atoms with E-state index in [1.54, 1.807) is 19.1 Å². The Hall–Kier alpha value is -1.38. The average molecular weight is 152 g/mol. The lowest BCUT2D eigenvalue weighted by Gasteiger charge is -1.87. The van der Waals surface area contributed by atoms with Crippen LogP contribution >= 0.6 is 0 Å². The van der Waals surface area contributed by atoms with Crippen LogP contribution in [0.15, 0.2) is 16.5 Å². The molecule has 3 nitrogen and oxygen atoms in total. The summed E-state index contributed by atoms with van der Waals surface area (Å²) in [5.41, 5.74) is 0. The molecule has 1 aromatic heterocycles. The minimum absolute atomic E-state index is 0.104. The summed E-state index contributed by atoms with van der Waals surface area (Å²) in [6.45, 7) is 1.75. The van der Waals surface area contributed by atoms with Gasteiger partial charge in [0.05, 0.1) is 6.42 Å². The molecule has 0 atom stereocenters. The third kappa shape index (κ3) is 1.77. The summed E-state index contributed by atoms with van der Waals surface area (Å²) in [4.78, 5) is 20.9. The first-order valence-electron chi connectivity index (χ1n) is 3.27. The van der Waals surface area contributed by atoms with Gasteiger partial charge in [-0.15, -0.1) is 0 Å². The van der Waals surface area contributed by atoms with Gasteiger partial charge in [-0.25, -0.2) is 0 Å². The molecular formula is C8H8O3. The normalized spacial score (nSPS) is 9.55. The smallest absolute Gasteiger partial charge is 0.205 e. The standard InChI is InChI=1S/C8H8O3/c1-6-2-3-8(11-6)7(10)4-5-9/h2-3,5H,4H2,1H3. The van der Waals surface area contributed by atoms with Crippen LogP contribution in [0.5, 0.6) is 0 Å². The largest absolute Gasteiger partial charge is 0.458 e. The lowest BCUT2D eigenvalue weighted by molar-refractivity contribution is -0.107. The van der Waals surface area contributed by atoms with E-state index in [0.29, 0.717) is 12.0 Å². The van der Waals surface area contributed by atoms with Crippen molar-refractivity contribution >= 4 is 12.1 Å². The van der Waals surface area contributed by atoms with E-state index in [4.69, 9.17) is 4.42 Å². The molecule has 0 aliphatic heterocycles. The van der Waals surface area contributed by atoms with Crippen LogP contribution in [-0.4, -0.2) is 12.1 Å². The van der Waals surface area contributed by atoms with Gasteiger partial charge in [0.25, 0.3) is 0 Å². The Kier molecular flexibility index (Phi) is 2.21. The van der Waals surface area contributed by atoms with Gasteiger partial charge >= 0.3 is 0 Å². The molecular weight excluding hydrogens is 144 g/mol. The molecule has 0 aliphatic carbocycles. The molecule has 3 heteroatoms. The van der Waals surface area contributed by atoms with E-state index in [9.17, 15) is 9.59 Å². The molecule has 1 aromatic rings. The fourth-order valence-electron chi connectivity index (χ4n) is 0.761. The number of Topliss-reactive ketones (excluding diaryl/α,β-unsaturated/α-hetero) is 1. The third-order valence-electron chi connectivity index (χ3n) is 1.28. The second kappa shape index (κ2) is 3.14. The van der Waals surface area contributed by atoms with Crippen molar-refractivity contribution in [3.63, 3.8) is 0 Å². The number of furan rings is 1. The van der Waals surface area contributed by atoms with Crippen molar-refractivity contribution in [2.45, 2.75) is 13.3 Å². The second-order valence-electron chi connectivity index (χ2n) is 2.20. The zero-order chi connectivity index (χ0) is 8.27. The maximum absolute atomic E-state index is 10.9. The van der Waals surface area contributed by atoms with Crippen LogP contribution in [0, 0.1) is 6.92 Å². The van der Waals surface area contributed by atoms with E-state index in [-0.39, 0.29) is 18.0 Å². The fraction of sp³-hybridized carbons (Fsp3) is 0.250. The van der Waals surface area contributed by atoms with E-state index in [1.165, 1.54) is 0 Å². The first-order valence-corrected chi connectivity index (χ1v) is 3.27. The number of ketones is 1. The summed E-state index contributed by atoms with van der Waals surface area (Å²) in [5.74, 6) is 0.668. The highest BCUT2D eigenvalue weighted by atomic mass is 16.3. The summed E-state index contributed by atoms with van der Waals surface area (Å²) in [5, 5.41) is 0. The molecule has 11 heavy (non-hydrogen) atoms. The molecule has 0 spiro atoms. The third-order valence-corrected chi connectivity index (χ3v) is 1.28. The van der Waals surface area contributed by atoms with E-state index < -0.39 is 0 Å². The molecule has 0 amide bonds. The predicted octanol–water partition coefficient (Wildman–Crippen LogP) is 1.36. The van der Waals surface area contributed by atoms with Gasteiger partial charge in [0.1, 0.15) is 12.0 Å². The zero-order valence-corrected chi connectivity index (χ0v) is 6.16. The molecule has 0 unspecified atom stereocenters. The van der Waals surface area contributed by atoms with Crippen molar-refractivity contribution in [3.05, 3.63) is 23.7 Å². The zero-order valence-electron chi connectivity index (χ0n) is 6.16. The Morgan fingerprint density at radius 2 is 2.36 bits per heavy atom. The lowest BCUT2D eigenvalue weighted by Crippen LogP contribution is -1.96. The van der Waals surface area contributed by atoms with Crippen LogP contribution in [0.3, 0.4) is 0 Å². The summed E-state index contributed by atoms with van der Waals surface area (Å²) in [6.07, 6.45) is 0.465.